The molecule has 4 heterocycles. The average Bonchev–Trinajstić information content (AvgIpc) is 1.63. The molecule has 4 aliphatic heterocycles. The zero-order chi connectivity index (χ0) is 85.8. The second kappa shape index (κ2) is 61.1. The van der Waals surface area contributed by atoms with Crippen LogP contribution in [0.1, 0.15) is 258 Å². The molecule has 5 amide bonds. The lowest BCUT2D eigenvalue weighted by Crippen LogP contribution is -2.55. The highest BCUT2D eigenvalue weighted by Gasteiger charge is 2.45. The van der Waals surface area contributed by atoms with E-state index >= 15 is 0 Å². The molecule has 0 aromatic rings. The van der Waals surface area contributed by atoms with Crippen LogP contribution in [0.4, 0.5) is 4.79 Å². The number of unbranched alkanes of at least 4 members (excludes halogenated alkanes) is 13. The Morgan fingerprint density at radius 3 is 1.19 bits per heavy atom. The molecule has 34 heteroatoms. The van der Waals surface area contributed by atoms with Crippen LogP contribution >= 0.6 is 0 Å². The van der Waals surface area contributed by atoms with Gasteiger partial charge in [-0.05, 0) is 116 Å². The highest BCUT2D eigenvalue weighted by Crippen LogP contribution is 2.32. The number of hydrogen-bond acceptors (Lipinski definition) is 29. The Hall–Kier alpha value is -5.25. The Morgan fingerprint density at radius 2 is 0.761 bits per heavy atom. The van der Waals surface area contributed by atoms with Gasteiger partial charge in [-0.2, -0.15) is 0 Å². The number of alkyl carbamates (subject to hydrolysis) is 1. The van der Waals surface area contributed by atoms with Gasteiger partial charge in [-0.1, -0.05) is 78.6 Å². The third-order valence-electron chi connectivity index (χ3n) is 22.4. The molecular weight excluding hydrogens is 1530 g/mol. The van der Waals surface area contributed by atoms with E-state index in [0.29, 0.717) is 148 Å². The topological polar surface area (TPSA) is 489 Å². The van der Waals surface area contributed by atoms with Gasteiger partial charge in [0.25, 0.3) is 0 Å². The number of ketones is 2. The molecular formula is C83H147N5O29. The maximum atomic E-state index is 14.1. The number of ether oxygens (including phenoxy) is 11. The van der Waals surface area contributed by atoms with Crippen LogP contribution in [-0.4, -0.2) is 302 Å². The highest BCUT2D eigenvalue weighted by atomic mass is 16.7. The van der Waals surface area contributed by atoms with Crippen LogP contribution in [0.3, 0.4) is 0 Å². The van der Waals surface area contributed by atoms with Gasteiger partial charge in [0.2, 0.25) is 23.6 Å². The van der Waals surface area contributed by atoms with Gasteiger partial charge in [0.05, 0.1) is 96.5 Å². The molecule has 4 rings (SSSR count). The number of likely N-dealkylation sites (tertiary alicyclic amines) is 1. The summed E-state index contributed by atoms with van der Waals surface area (Å²) in [6, 6.07) is -0.0906. The molecule has 117 heavy (non-hydrogen) atoms. The molecule has 34 nitrogen and oxygen atoms in total. The van der Waals surface area contributed by atoms with Crippen LogP contribution in [-0.2, 0) is 90.5 Å². The van der Waals surface area contributed by atoms with E-state index in [2.05, 4.69) is 21.3 Å². The summed E-state index contributed by atoms with van der Waals surface area (Å²) in [6.45, 7) is 6.45. The van der Waals surface area contributed by atoms with Gasteiger partial charge >= 0.3 is 18.0 Å². The van der Waals surface area contributed by atoms with Crippen molar-refractivity contribution in [3.05, 3.63) is 0 Å². The van der Waals surface area contributed by atoms with E-state index in [4.69, 9.17) is 52.1 Å². The van der Waals surface area contributed by atoms with Crippen molar-refractivity contribution in [3.8, 4) is 0 Å². The minimum absolute atomic E-state index is 0.00986. The summed E-state index contributed by atoms with van der Waals surface area (Å²) in [6.07, 6.45) is 4.81. The summed E-state index contributed by atoms with van der Waals surface area (Å²) in [4.78, 5) is 119. The minimum Gasteiger partial charge on any atom is -0.466 e. The number of Topliss-reactive ketones (excluding diaryl/α,β-unsaturated/α-hetero) is 2. The highest BCUT2D eigenvalue weighted by molar-refractivity contribution is 5.85. The van der Waals surface area contributed by atoms with Crippen LogP contribution in [0, 0.1) is 17.8 Å². The maximum absolute atomic E-state index is 14.1. The minimum atomic E-state index is -1.23. The van der Waals surface area contributed by atoms with Crippen molar-refractivity contribution in [1.29, 1.82) is 0 Å². The number of amides is 5. The first-order valence-electron chi connectivity index (χ1n) is 43.4. The molecule has 4 saturated heterocycles. The van der Waals surface area contributed by atoms with E-state index in [1.165, 1.54) is 0 Å². The maximum Gasteiger partial charge on any atom is 0.407 e. The van der Waals surface area contributed by atoms with Crippen LogP contribution < -0.4 is 21.3 Å². The standard InChI is InChI=1S/C83H147N5O29/c1-57-73(100)76(103)64(53-89)115-79(57)111-45-23-31-61(92)29-15-9-6-14-22-44-86-82(106)114-50-28-41-83(87-69(96)38-37-62(93)30-18-19-34-70(97)88-52-63(108-5)51-60(88)56-107-4,39-26-48-109-71(98)35-16-10-7-12-20-42-84-67(94)32-24-46-112-80-58(2)74(101)77(104)65(54-90)116-80)40-27-49-110-72(99)36-17-11-8-13-21-43-85-68(95)33-25-47-113-81-59(3)75(102)78(105)66(55-91)117-81/h57-60,63-66,73-81,89-91,100-105H,6-56H2,1-5H3,(H,84,94)(H,85,95)(H,86,106)(H,87,96)/t57?,58?,59?,60-,63+,64?,65?,66?,73?,74?,75?,76?,77?,78?,79?,80?,81?,83?/m1/s1. The van der Waals surface area contributed by atoms with E-state index in [9.17, 15) is 89.1 Å². The lowest BCUT2D eigenvalue weighted by Gasteiger charge is -2.40. The largest absolute Gasteiger partial charge is 0.466 e. The first-order valence-corrected chi connectivity index (χ1v) is 43.4. The summed E-state index contributed by atoms with van der Waals surface area (Å²) in [7, 11) is 3.21. The molecule has 0 bridgehead atoms. The molecule has 0 radical (unpaired) electrons. The number of esters is 2. The fourth-order valence-corrected chi connectivity index (χ4v) is 15.0. The lowest BCUT2D eigenvalue weighted by molar-refractivity contribution is -0.282. The van der Waals surface area contributed by atoms with Crippen molar-refractivity contribution < 1.29 is 141 Å². The van der Waals surface area contributed by atoms with E-state index in [1.807, 2.05) is 0 Å². The SMILES string of the molecule is COC[C@H]1C[C@H](OC)CN1C(=O)CCCCC(=O)CCC(=O)NC(CCCOC(=O)CCCCCCCNC(=O)CCCOC1OC(CO)C(O)C(O)C1C)(CCCOC(=O)CCCCCCCNC(=O)CCCOC1OC(CO)C(O)C(O)C1C)CCCOC(=O)NCCCCCCCC(=O)CCCOC1OC(CO)C(O)C(O)C1C. The fraction of sp³-hybridized carbons (Fsp3) is 0.892. The van der Waals surface area contributed by atoms with Crippen LogP contribution in [0.25, 0.3) is 0 Å². The van der Waals surface area contributed by atoms with Crippen molar-refractivity contribution in [3.63, 3.8) is 0 Å². The Bertz CT molecular complexity index is 2550. The molecule has 0 aromatic heterocycles. The van der Waals surface area contributed by atoms with Crippen LogP contribution in [0.5, 0.6) is 0 Å². The monoisotopic (exact) mass is 1680 g/mol. The molecule has 0 saturated carbocycles. The first-order chi connectivity index (χ1) is 56.3. The lowest BCUT2D eigenvalue weighted by atomic mass is 9.83. The molecule has 17 atom stereocenters. The van der Waals surface area contributed by atoms with Crippen molar-refractivity contribution in [2.75, 3.05) is 106 Å². The number of hydrogen-bond donors (Lipinski definition) is 13. The molecule has 0 aromatic carbocycles. The van der Waals surface area contributed by atoms with E-state index in [1.54, 1.807) is 39.9 Å². The Balaban J connectivity index is 1.26. The Kier molecular flexibility index (Phi) is 54.4. The molecule has 4 fully saturated rings. The number of methoxy groups -OCH3 is 2. The molecule has 4 aliphatic rings. The van der Waals surface area contributed by atoms with E-state index in [0.717, 1.165) is 70.6 Å². The third-order valence-corrected chi connectivity index (χ3v) is 22.4. The van der Waals surface area contributed by atoms with Crippen molar-refractivity contribution in [2.24, 2.45) is 17.8 Å². The van der Waals surface area contributed by atoms with Gasteiger partial charge in [-0.25, -0.2) is 4.79 Å². The predicted octanol–water partition coefficient (Wildman–Crippen LogP) is 4.61. The quantitative estimate of drug-likeness (QED) is 0.0225. The average molecular weight is 1680 g/mol. The molecule has 13 N–H and O–H groups in total. The van der Waals surface area contributed by atoms with Crippen molar-refractivity contribution in [2.45, 2.75) is 350 Å². The summed E-state index contributed by atoms with van der Waals surface area (Å²) in [5.41, 5.74) is -0.985. The number of aliphatic hydroxyl groups is 9. The number of nitrogens with zero attached hydrogens (tertiary/aromatic N) is 1. The Morgan fingerprint density at radius 1 is 0.393 bits per heavy atom. The number of aliphatic hydroxyl groups excluding tert-OH is 9. The molecule has 0 aliphatic carbocycles. The number of rotatable bonds is 66. The summed E-state index contributed by atoms with van der Waals surface area (Å²) in [5, 5.41) is 101. The van der Waals surface area contributed by atoms with Gasteiger partial charge in [0.15, 0.2) is 18.9 Å². The molecule has 0 spiro atoms. The molecule has 678 valence electrons. The van der Waals surface area contributed by atoms with Gasteiger partial charge in [0, 0.05) is 128 Å². The number of carbonyl (C=O) groups is 9. The van der Waals surface area contributed by atoms with E-state index < -0.39 is 129 Å². The zero-order valence-corrected chi connectivity index (χ0v) is 70.5. The van der Waals surface area contributed by atoms with Gasteiger partial charge in [0.1, 0.15) is 48.2 Å². The first kappa shape index (κ1) is 104. The Labute approximate surface area is 691 Å². The van der Waals surface area contributed by atoms with E-state index in [-0.39, 0.29) is 144 Å². The van der Waals surface area contributed by atoms with Crippen LogP contribution in [0.2, 0.25) is 0 Å². The predicted molar refractivity (Wildman–Crippen MR) is 426 cm³/mol. The van der Waals surface area contributed by atoms with Crippen LogP contribution in [0.15, 0.2) is 0 Å². The zero-order valence-electron chi connectivity index (χ0n) is 70.5. The van der Waals surface area contributed by atoms with Crippen molar-refractivity contribution >= 4 is 53.2 Å². The second-order valence-corrected chi connectivity index (χ2v) is 32.0. The third kappa shape index (κ3) is 41.9. The number of nitrogens with one attached hydrogen (secondary N) is 4. The summed E-state index contributed by atoms with van der Waals surface area (Å²) in [5.74, 6) is -3.08. The van der Waals surface area contributed by atoms with Crippen molar-refractivity contribution in [1.82, 2.24) is 26.2 Å². The smallest absolute Gasteiger partial charge is 0.407 e. The summed E-state index contributed by atoms with van der Waals surface area (Å²) >= 11 is 0. The molecule has 15 unspecified atom stereocenters. The fourth-order valence-electron chi connectivity index (χ4n) is 15.0. The normalized spacial score (nSPS) is 25.8. The summed E-state index contributed by atoms with van der Waals surface area (Å²) < 4.78 is 61.9. The van der Waals surface area contributed by atoms with Gasteiger partial charge in [-0.15, -0.1) is 0 Å². The number of carbonyl (C=O) groups excluding carboxylic acids is 9. The van der Waals surface area contributed by atoms with Gasteiger partial charge < -0.3 is 124 Å². The van der Waals surface area contributed by atoms with Gasteiger partial charge in [-0.3, -0.25) is 38.4 Å². The second-order valence-electron chi connectivity index (χ2n) is 32.0.